The summed E-state index contributed by atoms with van der Waals surface area (Å²) in [5.74, 6) is 0.475. The highest BCUT2D eigenvalue weighted by Gasteiger charge is 2.47. The molecular formula is C24H20F3N5O3. The number of nitriles is 1. The summed E-state index contributed by atoms with van der Waals surface area (Å²) in [5, 5.41) is 18.5. The number of aromatic nitrogens is 2. The van der Waals surface area contributed by atoms with Crippen molar-refractivity contribution in [3.8, 4) is 17.6 Å². The van der Waals surface area contributed by atoms with E-state index < -0.39 is 24.2 Å². The molecule has 2 aromatic carbocycles. The van der Waals surface area contributed by atoms with Gasteiger partial charge in [-0.3, -0.25) is 4.79 Å². The van der Waals surface area contributed by atoms with Gasteiger partial charge in [0.05, 0.1) is 12.1 Å². The number of nitrogens with zero attached hydrogens (tertiary/aromatic N) is 3. The van der Waals surface area contributed by atoms with Crippen LogP contribution in [0.3, 0.4) is 0 Å². The minimum atomic E-state index is -4.57. The van der Waals surface area contributed by atoms with Gasteiger partial charge in [0.15, 0.2) is 23.2 Å². The lowest BCUT2D eigenvalue weighted by molar-refractivity contribution is -0.173. The van der Waals surface area contributed by atoms with Gasteiger partial charge in [0, 0.05) is 24.6 Å². The number of benzene rings is 2. The van der Waals surface area contributed by atoms with Crippen LogP contribution in [-0.4, -0.2) is 28.7 Å². The Bertz CT molecular complexity index is 1310. The van der Waals surface area contributed by atoms with Gasteiger partial charge in [-0.2, -0.15) is 23.5 Å². The van der Waals surface area contributed by atoms with E-state index in [2.05, 4.69) is 21.8 Å². The summed E-state index contributed by atoms with van der Waals surface area (Å²) < 4.78 is 53.4. The Hall–Kier alpha value is -4.20. The first-order chi connectivity index (χ1) is 16.8. The quantitative estimate of drug-likeness (QED) is 0.531. The van der Waals surface area contributed by atoms with Gasteiger partial charge in [-0.25, -0.2) is 4.68 Å². The number of ether oxygens (including phenoxy) is 2. The Balaban J connectivity index is 1.40. The van der Waals surface area contributed by atoms with Crippen molar-refractivity contribution in [3.63, 3.8) is 0 Å². The highest BCUT2D eigenvalue weighted by Crippen LogP contribution is 2.45. The Kier molecular flexibility index (Phi) is 5.72. The molecule has 0 unspecified atom stereocenters. The minimum Gasteiger partial charge on any atom is -0.454 e. The van der Waals surface area contributed by atoms with Gasteiger partial charge in [-0.1, -0.05) is 18.2 Å². The molecule has 2 aliphatic heterocycles. The molecule has 0 bridgehead atoms. The molecule has 8 nitrogen and oxygen atoms in total. The van der Waals surface area contributed by atoms with E-state index in [0.29, 0.717) is 35.6 Å². The van der Waals surface area contributed by atoms with Crippen molar-refractivity contribution in [2.24, 2.45) is 0 Å². The van der Waals surface area contributed by atoms with Crippen LogP contribution in [0.4, 0.5) is 24.7 Å². The van der Waals surface area contributed by atoms with Gasteiger partial charge >= 0.3 is 6.18 Å². The smallest absolute Gasteiger partial charge is 0.410 e. The predicted octanol–water partition coefficient (Wildman–Crippen LogP) is 4.98. The summed E-state index contributed by atoms with van der Waals surface area (Å²) in [7, 11) is 0. The SMILES string of the molecule is N#CCCc1cccc(NC(=O)c2cc3n(n2)[C@@H](C(F)(F)F)C[C@@H](c2ccc4c(c2)OCO4)N3)c1. The van der Waals surface area contributed by atoms with E-state index in [0.717, 1.165) is 10.2 Å². The number of alkyl halides is 3. The van der Waals surface area contributed by atoms with Crippen molar-refractivity contribution in [3.05, 3.63) is 65.4 Å². The van der Waals surface area contributed by atoms with E-state index in [1.165, 1.54) is 6.07 Å². The molecule has 0 radical (unpaired) electrons. The summed E-state index contributed by atoms with van der Waals surface area (Å²) in [6, 6.07) is 12.8. The summed E-state index contributed by atoms with van der Waals surface area (Å²) >= 11 is 0. The van der Waals surface area contributed by atoms with Gasteiger partial charge in [0.25, 0.3) is 5.91 Å². The highest BCUT2D eigenvalue weighted by molar-refractivity contribution is 6.03. The zero-order valence-electron chi connectivity index (χ0n) is 18.3. The number of rotatable bonds is 5. The molecule has 3 aromatic rings. The van der Waals surface area contributed by atoms with Crippen molar-refractivity contribution in [1.29, 1.82) is 5.26 Å². The first-order valence-corrected chi connectivity index (χ1v) is 10.9. The Morgan fingerprint density at radius 1 is 1.20 bits per heavy atom. The van der Waals surface area contributed by atoms with E-state index in [9.17, 15) is 18.0 Å². The molecule has 2 aliphatic rings. The van der Waals surface area contributed by atoms with Gasteiger partial charge in [0.1, 0.15) is 5.82 Å². The molecule has 0 saturated carbocycles. The first-order valence-electron chi connectivity index (χ1n) is 10.9. The third-order valence-electron chi connectivity index (χ3n) is 5.93. The van der Waals surface area contributed by atoms with Gasteiger partial charge < -0.3 is 20.1 Å². The number of nitrogens with one attached hydrogen (secondary N) is 2. The van der Waals surface area contributed by atoms with Crippen LogP contribution in [0, 0.1) is 11.3 Å². The van der Waals surface area contributed by atoms with Crippen LogP contribution in [0.25, 0.3) is 0 Å². The Labute approximate surface area is 198 Å². The zero-order valence-corrected chi connectivity index (χ0v) is 18.3. The monoisotopic (exact) mass is 483 g/mol. The topological polar surface area (TPSA) is 101 Å². The van der Waals surface area contributed by atoms with Gasteiger partial charge in [-0.05, 0) is 41.8 Å². The molecule has 5 rings (SSSR count). The van der Waals surface area contributed by atoms with Crippen LogP contribution in [-0.2, 0) is 6.42 Å². The number of halogens is 3. The van der Waals surface area contributed by atoms with Crippen LogP contribution in [0.1, 0.15) is 46.5 Å². The number of hydrogen-bond acceptors (Lipinski definition) is 6. The van der Waals surface area contributed by atoms with E-state index in [1.807, 2.05) is 6.07 Å². The van der Waals surface area contributed by atoms with Gasteiger partial charge in [-0.15, -0.1) is 0 Å². The molecule has 0 fully saturated rings. The summed E-state index contributed by atoms with van der Waals surface area (Å²) in [6.07, 6.45) is -4.02. The summed E-state index contributed by atoms with van der Waals surface area (Å²) in [5.41, 5.74) is 1.79. The maximum atomic E-state index is 14.0. The van der Waals surface area contributed by atoms with E-state index in [4.69, 9.17) is 14.7 Å². The number of aryl methyl sites for hydroxylation is 1. The number of amides is 1. The lowest BCUT2D eigenvalue weighted by atomic mass is 9.96. The van der Waals surface area contributed by atoms with E-state index in [-0.39, 0.29) is 24.7 Å². The van der Waals surface area contributed by atoms with Crippen molar-refractivity contribution < 1.29 is 27.4 Å². The third kappa shape index (κ3) is 4.59. The van der Waals surface area contributed by atoms with Crippen LogP contribution in [0.15, 0.2) is 48.5 Å². The fraction of sp³-hybridized carbons (Fsp3) is 0.292. The molecule has 0 saturated heterocycles. The van der Waals surface area contributed by atoms with Crippen LogP contribution < -0.4 is 20.1 Å². The van der Waals surface area contributed by atoms with Crippen LogP contribution in [0.5, 0.6) is 11.5 Å². The number of carbonyl (C=O) groups excluding carboxylic acids is 1. The molecule has 1 aromatic heterocycles. The zero-order chi connectivity index (χ0) is 24.6. The average Bonchev–Trinajstić information content (AvgIpc) is 3.48. The second kappa shape index (κ2) is 8.87. The van der Waals surface area contributed by atoms with Crippen molar-refractivity contribution in [2.75, 3.05) is 17.4 Å². The van der Waals surface area contributed by atoms with E-state index in [1.54, 1.807) is 36.4 Å². The molecule has 0 spiro atoms. The number of fused-ring (bicyclic) bond motifs is 2. The molecule has 1 amide bonds. The van der Waals surface area contributed by atoms with Crippen molar-refractivity contribution in [1.82, 2.24) is 9.78 Å². The Morgan fingerprint density at radius 2 is 2.03 bits per heavy atom. The largest absolute Gasteiger partial charge is 0.454 e. The van der Waals surface area contributed by atoms with Crippen molar-refractivity contribution in [2.45, 2.75) is 37.5 Å². The van der Waals surface area contributed by atoms with Crippen LogP contribution >= 0.6 is 0 Å². The molecular weight excluding hydrogens is 463 g/mol. The maximum absolute atomic E-state index is 14.0. The third-order valence-corrected chi connectivity index (χ3v) is 5.93. The second-order valence-corrected chi connectivity index (χ2v) is 8.27. The fourth-order valence-corrected chi connectivity index (χ4v) is 4.23. The van der Waals surface area contributed by atoms with Crippen LogP contribution in [0.2, 0.25) is 0 Å². The molecule has 2 N–H and O–H groups in total. The van der Waals surface area contributed by atoms with E-state index >= 15 is 0 Å². The average molecular weight is 483 g/mol. The Morgan fingerprint density at radius 3 is 2.83 bits per heavy atom. The number of anilines is 2. The molecule has 0 aliphatic carbocycles. The number of hydrogen-bond donors (Lipinski definition) is 2. The lowest BCUT2D eigenvalue weighted by Gasteiger charge is -2.33. The maximum Gasteiger partial charge on any atom is 0.410 e. The highest BCUT2D eigenvalue weighted by atomic mass is 19.4. The lowest BCUT2D eigenvalue weighted by Crippen LogP contribution is -2.35. The predicted molar refractivity (Wildman–Crippen MR) is 119 cm³/mol. The van der Waals surface area contributed by atoms with Crippen molar-refractivity contribution >= 4 is 17.4 Å². The fourth-order valence-electron chi connectivity index (χ4n) is 4.23. The summed E-state index contributed by atoms with van der Waals surface area (Å²) in [6.45, 7) is 0.0640. The minimum absolute atomic E-state index is 0.0640. The first kappa shape index (κ1) is 22.6. The normalized spacial score (nSPS) is 18.3. The molecule has 2 atom stereocenters. The summed E-state index contributed by atoms with van der Waals surface area (Å²) in [4.78, 5) is 12.8. The standard InChI is InChI=1S/C24H20F3N5O3/c25-24(26,27)21-11-17(15-6-7-19-20(10-15)35-13-34-19)30-22-12-18(31-32(21)22)23(33)29-16-5-1-3-14(9-16)4-2-8-28/h1,3,5-7,9-10,12,17,21,30H,2,4,11,13H2,(H,29,33)/t17-,21+/m0/s1. The molecule has 11 heteroatoms. The molecule has 3 heterocycles. The van der Waals surface area contributed by atoms with Gasteiger partial charge in [0.2, 0.25) is 6.79 Å². The second-order valence-electron chi connectivity index (χ2n) is 8.27. The molecule has 180 valence electrons. The number of carbonyl (C=O) groups is 1. The molecule has 35 heavy (non-hydrogen) atoms.